The number of amides is 1. The molecule has 28 heavy (non-hydrogen) atoms. The Balaban J connectivity index is 1.46. The molecule has 1 fully saturated rings. The zero-order valence-corrected chi connectivity index (χ0v) is 17.3. The van der Waals surface area contributed by atoms with Gasteiger partial charge in [-0.1, -0.05) is 54.6 Å². The van der Waals surface area contributed by atoms with Gasteiger partial charge in [0.2, 0.25) is 0 Å². The van der Waals surface area contributed by atoms with Gasteiger partial charge in [0.05, 0.1) is 0 Å². The number of rotatable bonds is 6. The van der Waals surface area contributed by atoms with Crippen LogP contribution in [0, 0.1) is 0 Å². The summed E-state index contributed by atoms with van der Waals surface area (Å²) in [5.74, 6) is 0.596. The van der Waals surface area contributed by atoms with Gasteiger partial charge in [0, 0.05) is 19.6 Å². The van der Waals surface area contributed by atoms with Gasteiger partial charge in [0.25, 0.3) is 0 Å². The van der Waals surface area contributed by atoms with Gasteiger partial charge in [-0.15, -0.1) is 0 Å². The molecule has 0 bridgehead atoms. The topological polar surface area (TPSA) is 32.8 Å². The summed E-state index contributed by atoms with van der Waals surface area (Å²) in [6.45, 7) is 1.31. The predicted octanol–water partition coefficient (Wildman–Crippen LogP) is 5.04. The van der Waals surface area contributed by atoms with E-state index in [9.17, 15) is 4.79 Å². The van der Waals surface area contributed by atoms with Crippen LogP contribution in [0.3, 0.4) is 0 Å². The Morgan fingerprint density at radius 3 is 2.14 bits per heavy atom. The molecule has 4 nitrogen and oxygen atoms in total. The van der Waals surface area contributed by atoms with Gasteiger partial charge in [-0.2, -0.15) is 0 Å². The van der Waals surface area contributed by atoms with Crippen molar-refractivity contribution in [2.24, 2.45) is 0 Å². The molecule has 4 heteroatoms. The van der Waals surface area contributed by atoms with E-state index in [0.717, 1.165) is 37.8 Å². The fourth-order valence-corrected chi connectivity index (χ4v) is 4.03. The third-order valence-corrected chi connectivity index (χ3v) is 5.69. The largest absolute Gasteiger partial charge is 0.445 e. The second kappa shape index (κ2) is 9.74. The van der Waals surface area contributed by atoms with Crippen molar-refractivity contribution in [3.63, 3.8) is 0 Å². The van der Waals surface area contributed by atoms with Crippen LogP contribution in [0.25, 0.3) is 0 Å². The summed E-state index contributed by atoms with van der Waals surface area (Å²) in [5, 5.41) is 0. The molecule has 150 valence electrons. The van der Waals surface area contributed by atoms with E-state index in [1.165, 1.54) is 11.1 Å². The molecule has 0 aromatic heterocycles. The van der Waals surface area contributed by atoms with Crippen LogP contribution >= 0.6 is 0 Å². The van der Waals surface area contributed by atoms with Crippen LogP contribution in [0.5, 0.6) is 0 Å². The molecule has 0 saturated heterocycles. The minimum absolute atomic E-state index is 0.222. The quantitative estimate of drug-likeness (QED) is 0.703. The van der Waals surface area contributed by atoms with E-state index in [0.29, 0.717) is 12.5 Å². The molecule has 2 aromatic rings. The average molecular weight is 381 g/mol. The third kappa shape index (κ3) is 5.59. The normalized spacial score (nSPS) is 19.4. The molecule has 0 heterocycles. The van der Waals surface area contributed by atoms with Crippen molar-refractivity contribution in [1.82, 2.24) is 9.80 Å². The average Bonchev–Trinajstić information content (AvgIpc) is 2.72. The Hall–Kier alpha value is -2.33. The number of carbonyl (C=O) groups is 1. The number of carbonyl (C=O) groups excluding carboxylic acids is 1. The van der Waals surface area contributed by atoms with Gasteiger partial charge >= 0.3 is 6.09 Å². The Kier molecular flexibility index (Phi) is 7.10. The molecular weight excluding hydrogens is 348 g/mol. The van der Waals surface area contributed by atoms with Gasteiger partial charge in [0.1, 0.15) is 6.61 Å². The lowest BCUT2D eigenvalue weighted by atomic mass is 9.81. The van der Waals surface area contributed by atoms with Crippen molar-refractivity contribution in [2.45, 2.75) is 50.8 Å². The zero-order valence-electron chi connectivity index (χ0n) is 17.3. The number of hydrogen-bond donors (Lipinski definition) is 0. The van der Waals surface area contributed by atoms with E-state index in [2.05, 4.69) is 43.3 Å². The lowest BCUT2D eigenvalue weighted by Crippen LogP contribution is -2.39. The standard InChI is InChI=1S/C24H32N2O2/c1-25(2)17-19-9-11-21(12-10-19)22-13-15-23(16-14-22)26(3)24(27)28-18-20-7-5-4-6-8-20/h4-12,22-23H,13-18H2,1-3H3/t22-,23-. The monoisotopic (exact) mass is 380 g/mol. The van der Waals surface area contributed by atoms with Crippen molar-refractivity contribution < 1.29 is 9.53 Å². The summed E-state index contributed by atoms with van der Waals surface area (Å²) in [4.78, 5) is 16.4. The molecule has 2 aromatic carbocycles. The zero-order chi connectivity index (χ0) is 19.9. The Bertz CT molecular complexity index is 735. The molecule has 1 saturated carbocycles. The van der Waals surface area contributed by atoms with Crippen molar-refractivity contribution in [3.8, 4) is 0 Å². The second-order valence-corrected chi connectivity index (χ2v) is 8.14. The van der Waals surface area contributed by atoms with Gasteiger partial charge in [-0.25, -0.2) is 4.79 Å². The van der Waals surface area contributed by atoms with Crippen molar-refractivity contribution >= 4 is 6.09 Å². The lowest BCUT2D eigenvalue weighted by Gasteiger charge is -2.34. The third-order valence-electron chi connectivity index (χ3n) is 5.69. The highest BCUT2D eigenvalue weighted by Gasteiger charge is 2.28. The molecule has 0 spiro atoms. The maximum absolute atomic E-state index is 12.4. The first kappa shape index (κ1) is 20.4. The number of ether oxygens (including phenoxy) is 1. The van der Waals surface area contributed by atoms with Crippen LogP contribution in [-0.4, -0.2) is 43.1 Å². The van der Waals surface area contributed by atoms with Crippen LogP contribution in [0.1, 0.15) is 48.3 Å². The van der Waals surface area contributed by atoms with Crippen molar-refractivity contribution in [1.29, 1.82) is 0 Å². The molecule has 1 aliphatic carbocycles. The van der Waals surface area contributed by atoms with Gasteiger partial charge < -0.3 is 14.5 Å². The molecule has 3 rings (SSSR count). The molecular formula is C24H32N2O2. The molecule has 1 aliphatic rings. The summed E-state index contributed by atoms with van der Waals surface area (Å²) in [7, 11) is 6.06. The molecule has 0 radical (unpaired) electrons. The Morgan fingerprint density at radius 2 is 1.54 bits per heavy atom. The smallest absolute Gasteiger partial charge is 0.410 e. The van der Waals surface area contributed by atoms with Crippen LogP contribution < -0.4 is 0 Å². The number of nitrogens with zero attached hydrogens (tertiary/aromatic N) is 2. The van der Waals surface area contributed by atoms with E-state index in [4.69, 9.17) is 4.74 Å². The molecule has 0 N–H and O–H groups in total. The van der Waals surface area contributed by atoms with Gasteiger partial charge in [-0.05, 0) is 62.4 Å². The van der Waals surface area contributed by atoms with E-state index in [1.54, 1.807) is 4.90 Å². The summed E-state index contributed by atoms with van der Waals surface area (Å²) in [5.41, 5.74) is 3.80. The summed E-state index contributed by atoms with van der Waals surface area (Å²) in [6.07, 6.45) is 4.07. The van der Waals surface area contributed by atoms with Crippen molar-refractivity contribution in [2.75, 3.05) is 21.1 Å². The first-order valence-corrected chi connectivity index (χ1v) is 10.2. The molecule has 0 aliphatic heterocycles. The lowest BCUT2D eigenvalue weighted by molar-refractivity contribution is 0.0821. The van der Waals surface area contributed by atoms with E-state index in [-0.39, 0.29) is 12.1 Å². The fourth-order valence-electron chi connectivity index (χ4n) is 4.03. The van der Waals surface area contributed by atoms with Gasteiger partial charge in [-0.3, -0.25) is 0 Å². The van der Waals surface area contributed by atoms with Crippen molar-refractivity contribution in [3.05, 3.63) is 71.3 Å². The minimum atomic E-state index is -0.222. The highest BCUT2D eigenvalue weighted by molar-refractivity contribution is 5.67. The van der Waals surface area contributed by atoms with Crippen LogP contribution in [0.4, 0.5) is 4.79 Å². The maximum atomic E-state index is 12.4. The van der Waals surface area contributed by atoms with Crippen LogP contribution in [0.15, 0.2) is 54.6 Å². The van der Waals surface area contributed by atoms with Crippen LogP contribution in [0.2, 0.25) is 0 Å². The predicted molar refractivity (Wildman–Crippen MR) is 113 cm³/mol. The molecule has 1 amide bonds. The van der Waals surface area contributed by atoms with E-state index in [1.807, 2.05) is 37.4 Å². The maximum Gasteiger partial charge on any atom is 0.410 e. The number of benzene rings is 2. The Labute approximate surface area is 169 Å². The van der Waals surface area contributed by atoms with E-state index >= 15 is 0 Å². The summed E-state index contributed by atoms with van der Waals surface area (Å²) < 4.78 is 5.48. The Morgan fingerprint density at radius 1 is 0.893 bits per heavy atom. The minimum Gasteiger partial charge on any atom is -0.445 e. The number of hydrogen-bond acceptors (Lipinski definition) is 3. The molecule has 0 unspecified atom stereocenters. The van der Waals surface area contributed by atoms with Crippen LogP contribution in [-0.2, 0) is 17.9 Å². The second-order valence-electron chi connectivity index (χ2n) is 8.14. The van der Waals surface area contributed by atoms with Gasteiger partial charge in [0.15, 0.2) is 0 Å². The fraction of sp³-hybridized carbons (Fsp3) is 0.458. The highest BCUT2D eigenvalue weighted by Crippen LogP contribution is 2.34. The summed E-state index contributed by atoms with van der Waals surface area (Å²) in [6, 6.07) is 19.2. The SMILES string of the molecule is CN(C)Cc1ccc([C@H]2CC[C@H](N(C)C(=O)OCc3ccccc3)CC2)cc1. The molecule has 0 atom stereocenters. The first-order valence-electron chi connectivity index (χ1n) is 10.2. The summed E-state index contributed by atoms with van der Waals surface area (Å²) >= 11 is 0. The van der Waals surface area contributed by atoms with E-state index < -0.39 is 0 Å². The first-order chi connectivity index (χ1) is 13.5. The highest BCUT2D eigenvalue weighted by atomic mass is 16.6.